The lowest BCUT2D eigenvalue weighted by molar-refractivity contribution is 0.203. The standard InChI is InChI=1S/C14H19FNO/c15-13-7-2-3-8-14(13)17-12-6-11-16-9-4-1-5-10-16/h3,7-8H,1,4-6,9-12H2. The maximum atomic E-state index is 13.2. The van der Waals surface area contributed by atoms with Crippen molar-refractivity contribution in [3.05, 3.63) is 30.1 Å². The Labute approximate surface area is 102 Å². The minimum atomic E-state index is -0.328. The molecule has 1 aliphatic heterocycles. The van der Waals surface area contributed by atoms with Crippen molar-refractivity contribution in [1.82, 2.24) is 4.90 Å². The second-order valence-corrected chi connectivity index (χ2v) is 4.46. The van der Waals surface area contributed by atoms with Crippen molar-refractivity contribution in [3.8, 4) is 5.75 Å². The number of ether oxygens (including phenoxy) is 1. The molecule has 1 saturated heterocycles. The summed E-state index contributed by atoms with van der Waals surface area (Å²) in [5.41, 5.74) is 0. The van der Waals surface area contributed by atoms with Gasteiger partial charge in [0.2, 0.25) is 0 Å². The first kappa shape index (κ1) is 12.4. The molecule has 0 aliphatic carbocycles. The highest BCUT2D eigenvalue weighted by molar-refractivity contribution is 5.22. The molecule has 93 valence electrons. The fraction of sp³-hybridized carbons (Fsp3) is 0.571. The van der Waals surface area contributed by atoms with Crippen molar-refractivity contribution in [2.45, 2.75) is 25.7 Å². The number of benzene rings is 1. The van der Waals surface area contributed by atoms with Gasteiger partial charge in [-0.2, -0.15) is 0 Å². The molecular weight excluding hydrogens is 217 g/mol. The van der Waals surface area contributed by atoms with Crippen molar-refractivity contribution in [3.63, 3.8) is 0 Å². The van der Waals surface area contributed by atoms with Gasteiger partial charge in [-0.3, -0.25) is 0 Å². The van der Waals surface area contributed by atoms with E-state index in [9.17, 15) is 4.39 Å². The quantitative estimate of drug-likeness (QED) is 0.729. The van der Waals surface area contributed by atoms with Crippen LogP contribution in [0.25, 0.3) is 0 Å². The molecular formula is C14H19FNO. The summed E-state index contributed by atoms with van der Waals surface area (Å²) in [6.45, 7) is 4.04. The maximum absolute atomic E-state index is 13.2. The topological polar surface area (TPSA) is 12.5 Å². The summed E-state index contributed by atoms with van der Waals surface area (Å²) >= 11 is 0. The molecule has 1 radical (unpaired) electrons. The predicted molar refractivity (Wildman–Crippen MR) is 65.6 cm³/mol. The second-order valence-electron chi connectivity index (χ2n) is 4.46. The van der Waals surface area contributed by atoms with Crippen molar-refractivity contribution in [1.29, 1.82) is 0 Å². The summed E-state index contributed by atoms with van der Waals surface area (Å²) in [6, 6.07) is 7.28. The molecule has 1 fully saturated rings. The second kappa shape index (κ2) is 6.60. The van der Waals surface area contributed by atoms with Gasteiger partial charge in [-0.05, 0) is 50.6 Å². The van der Waals surface area contributed by atoms with Gasteiger partial charge in [0.15, 0.2) is 11.6 Å². The number of likely N-dealkylation sites (tertiary alicyclic amines) is 1. The van der Waals surface area contributed by atoms with Crippen molar-refractivity contribution in [2.75, 3.05) is 26.2 Å². The SMILES string of the molecule is Fc1c[c]ccc1OCCCN1CCCCC1. The zero-order chi connectivity index (χ0) is 11.9. The van der Waals surface area contributed by atoms with Gasteiger partial charge < -0.3 is 9.64 Å². The molecule has 0 aromatic heterocycles. The highest BCUT2D eigenvalue weighted by atomic mass is 19.1. The Kier molecular flexibility index (Phi) is 4.80. The zero-order valence-corrected chi connectivity index (χ0v) is 10.1. The number of piperidine rings is 1. The molecule has 1 aromatic rings. The Bertz CT molecular complexity index is 337. The van der Waals surface area contributed by atoms with Crippen LogP contribution in [0.5, 0.6) is 5.75 Å². The molecule has 0 unspecified atom stereocenters. The normalized spacial score (nSPS) is 17.0. The van der Waals surface area contributed by atoms with Crippen LogP contribution in [0.1, 0.15) is 25.7 Å². The van der Waals surface area contributed by atoms with Gasteiger partial charge >= 0.3 is 0 Å². The first-order chi connectivity index (χ1) is 8.36. The van der Waals surface area contributed by atoms with E-state index >= 15 is 0 Å². The summed E-state index contributed by atoms with van der Waals surface area (Å²) in [6.07, 6.45) is 4.94. The predicted octanol–water partition coefficient (Wildman–Crippen LogP) is 2.88. The molecule has 0 saturated carbocycles. The van der Waals surface area contributed by atoms with E-state index in [0.717, 1.165) is 13.0 Å². The Morgan fingerprint density at radius 3 is 2.88 bits per heavy atom. The third-order valence-electron chi connectivity index (χ3n) is 3.10. The molecule has 3 heteroatoms. The van der Waals surface area contributed by atoms with Crippen LogP contribution in [0.15, 0.2) is 18.2 Å². The molecule has 17 heavy (non-hydrogen) atoms. The van der Waals surface area contributed by atoms with Crippen LogP contribution in [0, 0.1) is 11.9 Å². The van der Waals surface area contributed by atoms with E-state index in [1.807, 2.05) is 0 Å². The minimum absolute atomic E-state index is 0.328. The van der Waals surface area contributed by atoms with E-state index in [-0.39, 0.29) is 5.82 Å². The fourth-order valence-electron chi connectivity index (χ4n) is 2.17. The van der Waals surface area contributed by atoms with Crippen LogP contribution in [0.3, 0.4) is 0 Å². The summed E-state index contributed by atoms with van der Waals surface area (Å²) in [4.78, 5) is 2.46. The van der Waals surface area contributed by atoms with Crippen LogP contribution < -0.4 is 4.74 Å². The third kappa shape index (κ3) is 4.00. The molecule has 0 spiro atoms. The molecule has 0 bridgehead atoms. The highest BCUT2D eigenvalue weighted by Crippen LogP contribution is 2.15. The van der Waals surface area contributed by atoms with Crippen molar-refractivity contribution in [2.24, 2.45) is 0 Å². The number of halogens is 1. The Balaban J connectivity index is 1.64. The third-order valence-corrected chi connectivity index (χ3v) is 3.10. The summed E-state index contributed by atoms with van der Waals surface area (Å²) in [5.74, 6) is 0.00728. The van der Waals surface area contributed by atoms with E-state index in [0.29, 0.717) is 12.4 Å². The molecule has 2 nitrogen and oxygen atoms in total. The highest BCUT2D eigenvalue weighted by Gasteiger charge is 2.09. The smallest absolute Gasteiger partial charge is 0.165 e. The lowest BCUT2D eigenvalue weighted by Gasteiger charge is -2.26. The van der Waals surface area contributed by atoms with Gasteiger partial charge in [0.05, 0.1) is 6.61 Å². The maximum Gasteiger partial charge on any atom is 0.165 e. The molecule has 0 N–H and O–H groups in total. The van der Waals surface area contributed by atoms with Crippen LogP contribution in [-0.4, -0.2) is 31.1 Å². The lowest BCUT2D eigenvalue weighted by Crippen LogP contribution is -2.31. The van der Waals surface area contributed by atoms with Crippen LogP contribution in [0.2, 0.25) is 0 Å². The van der Waals surface area contributed by atoms with Crippen molar-refractivity contribution >= 4 is 0 Å². The monoisotopic (exact) mass is 236 g/mol. The van der Waals surface area contributed by atoms with Gasteiger partial charge in [0.1, 0.15) is 0 Å². The first-order valence-electron chi connectivity index (χ1n) is 6.37. The average Bonchev–Trinajstić information content (AvgIpc) is 2.38. The first-order valence-corrected chi connectivity index (χ1v) is 6.37. The number of nitrogens with zero attached hydrogens (tertiary/aromatic N) is 1. The summed E-state index contributed by atoms with van der Waals surface area (Å²) in [5, 5.41) is 0. The van der Waals surface area contributed by atoms with Gasteiger partial charge in [-0.1, -0.05) is 12.5 Å². The Hall–Kier alpha value is -1.09. The molecule has 0 amide bonds. The largest absolute Gasteiger partial charge is 0.490 e. The van der Waals surface area contributed by atoms with E-state index < -0.39 is 0 Å². The van der Waals surface area contributed by atoms with E-state index in [1.54, 1.807) is 12.1 Å². The van der Waals surface area contributed by atoms with Gasteiger partial charge in [0.25, 0.3) is 0 Å². The fourth-order valence-corrected chi connectivity index (χ4v) is 2.17. The minimum Gasteiger partial charge on any atom is -0.490 e. The molecule has 1 aromatic carbocycles. The number of rotatable bonds is 5. The molecule has 1 heterocycles. The van der Waals surface area contributed by atoms with E-state index in [1.165, 1.54) is 38.4 Å². The van der Waals surface area contributed by atoms with Crippen molar-refractivity contribution < 1.29 is 9.13 Å². The Morgan fingerprint density at radius 2 is 2.12 bits per heavy atom. The van der Waals surface area contributed by atoms with E-state index in [4.69, 9.17) is 4.74 Å². The van der Waals surface area contributed by atoms with Gasteiger partial charge in [-0.25, -0.2) is 4.39 Å². The van der Waals surface area contributed by atoms with Gasteiger partial charge in [0, 0.05) is 6.54 Å². The Morgan fingerprint density at radius 1 is 1.29 bits per heavy atom. The molecule has 2 rings (SSSR count). The number of hydrogen-bond donors (Lipinski definition) is 0. The zero-order valence-electron chi connectivity index (χ0n) is 10.1. The molecule has 0 atom stereocenters. The molecule has 1 aliphatic rings. The average molecular weight is 236 g/mol. The van der Waals surface area contributed by atoms with Crippen LogP contribution in [0.4, 0.5) is 4.39 Å². The number of hydrogen-bond acceptors (Lipinski definition) is 2. The summed E-state index contributed by atoms with van der Waals surface area (Å²) in [7, 11) is 0. The van der Waals surface area contributed by atoms with Crippen LogP contribution >= 0.6 is 0 Å². The van der Waals surface area contributed by atoms with Gasteiger partial charge in [-0.15, -0.1) is 0 Å². The lowest BCUT2D eigenvalue weighted by atomic mass is 10.1. The van der Waals surface area contributed by atoms with Crippen LogP contribution in [-0.2, 0) is 0 Å². The summed E-state index contributed by atoms with van der Waals surface area (Å²) < 4.78 is 18.6. The van der Waals surface area contributed by atoms with E-state index in [2.05, 4.69) is 11.0 Å².